The lowest BCUT2D eigenvalue weighted by molar-refractivity contribution is 0.0696. The molecule has 18 heavy (non-hydrogen) atoms. The van der Waals surface area contributed by atoms with Crippen molar-refractivity contribution in [2.75, 3.05) is 26.9 Å². The molecule has 5 nitrogen and oxygen atoms in total. The zero-order valence-corrected chi connectivity index (χ0v) is 10.6. The number of aromatic carboxylic acids is 1. The van der Waals surface area contributed by atoms with Crippen LogP contribution in [0.15, 0.2) is 18.2 Å². The summed E-state index contributed by atoms with van der Waals surface area (Å²) in [6.45, 7) is 3.55. The summed E-state index contributed by atoms with van der Waals surface area (Å²) < 4.78 is 15.8. The van der Waals surface area contributed by atoms with Crippen molar-refractivity contribution in [2.45, 2.75) is 13.3 Å². The van der Waals surface area contributed by atoms with Gasteiger partial charge >= 0.3 is 5.97 Å². The molecule has 1 N–H and O–H groups in total. The molecule has 1 aromatic rings. The van der Waals surface area contributed by atoms with Gasteiger partial charge in [-0.1, -0.05) is 6.92 Å². The minimum absolute atomic E-state index is 0.167. The highest BCUT2D eigenvalue weighted by Gasteiger charge is 2.09. The number of rotatable bonds is 8. The third kappa shape index (κ3) is 4.25. The molecule has 0 aliphatic carbocycles. The molecule has 1 aromatic carbocycles. The molecule has 0 spiro atoms. The molecule has 0 amide bonds. The zero-order chi connectivity index (χ0) is 13.4. The fraction of sp³-hybridized carbons (Fsp3) is 0.462. The predicted octanol–water partition coefficient (Wildman–Crippen LogP) is 2.20. The van der Waals surface area contributed by atoms with Gasteiger partial charge in [0.15, 0.2) is 11.5 Å². The number of carboxylic acids is 1. The van der Waals surface area contributed by atoms with Crippen LogP contribution < -0.4 is 9.47 Å². The van der Waals surface area contributed by atoms with E-state index in [0.717, 1.165) is 6.42 Å². The van der Waals surface area contributed by atoms with E-state index in [1.807, 2.05) is 6.92 Å². The fourth-order valence-corrected chi connectivity index (χ4v) is 1.38. The first-order valence-corrected chi connectivity index (χ1v) is 5.81. The number of hydrogen-bond acceptors (Lipinski definition) is 4. The predicted molar refractivity (Wildman–Crippen MR) is 66.6 cm³/mol. The molecule has 0 fully saturated rings. The fourth-order valence-electron chi connectivity index (χ4n) is 1.38. The molecule has 1 rings (SSSR count). The van der Waals surface area contributed by atoms with Crippen molar-refractivity contribution in [3.63, 3.8) is 0 Å². The molecule has 0 aromatic heterocycles. The van der Waals surface area contributed by atoms with Crippen LogP contribution in [0.3, 0.4) is 0 Å². The summed E-state index contributed by atoms with van der Waals surface area (Å²) in [6, 6.07) is 4.49. The Morgan fingerprint density at radius 1 is 1.22 bits per heavy atom. The highest BCUT2D eigenvalue weighted by molar-refractivity contribution is 5.88. The zero-order valence-electron chi connectivity index (χ0n) is 10.6. The Labute approximate surface area is 106 Å². The van der Waals surface area contributed by atoms with Crippen LogP contribution in [0.25, 0.3) is 0 Å². The van der Waals surface area contributed by atoms with E-state index in [9.17, 15) is 4.79 Å². The quantitative estimate of drug-likeness (QED) is 0.720. The second-order valence-corrected chi connectivity index (χ2v) is 3.63. The average Bonchev–Trinajstić information content (AvgIpc) is 2.38. The van der Waals surface area contributed by atoms with Crippen molar-refractivity contribution in [3.8, 4) is 11.5 Å². The third-order valence-electron chi connectivity index (χ3n) is 2.24. The topological polar surface area (TPSA) is 65.0 Å². The van der Waals surface area contributed by atoms with Crippen LogP contribution >= 0.6 is 0 Å². The molecule has 0 aliphatic rings. The number of carboxylic acid groups (broad SMARTS) is 1. The van der Waals surface area contributed by atoms with Crippen LogP contribution in [-0.4, -0.2) is 38.0 Å². The summed E-state index contributed by atoms with van der Waals surface area (Å²) >= 11 is 0. The van der Waals surface area contributed by atoms with Gasteiger partial charge in [-0.05, 0) is 24.6 Å². The van der Waals surface area contributed by atoms with Crippen LogP contribution in [0.2, 0.25) is 0 Å². The molecule has 0 bridgehead atoms. The van der Waals surface area contributed by atoms with E-state index in [1.165, 1.54) is 19.2 Å². The van der Waals surface area contributed by atoms with Gasteiger partial charge in [-0.25, -0.2) is 4.79 Å². The van der Waals surface area contributed by atoms with Gasteiger partial charge in [-0.15, -0.1) is 0 Å². The maximum Gasteiger partial charge on any atom is 0.335 e. The van der Waals surface area contributed by atoms with Gasteiger partial charge in [0, 0.05) is 6.61 Å². The van der Waals surface area contributed by atoms with Crippen molar-refractivity contribution >= 4 is 5.97 Å². The second-order valence-electron chi connectivity index (χ2n) is 3.63. The maximum atomic E-state index is 10.8. The molecular weight excluding hydrogens is 236 g/mol. The Kier molecular flexibility index (Phi) is 6.00. The monoisotopic (exact) mass is 254 g/mol. The Balaban J connectivity index is 2.61. The van der Waals surface area contributed by atoms with E-state index < -0.39 is 5.97 Å². The Bertz CT molecular complexity index is 389. The van der Waals surface area contributed by atoms with Gasteiger partial charge in [-0.3, -0.25) is 0 Å². The normalized spacial score (nSPS) is 10.1. The molecular formula is C13H18O5. The first kappa shape index (κ1) is 14.3. The van der Waals surface area contributed by atoms with Gasteiger partial charge in [0.1, 0.15) is 6.61 Å². The van der Waals surface area contributed by atoms with Crippen LogP contribution in [-0.2, 0) is 4.74 Å². The summed E-state index contributed by atoms with van der Waals surface area (Å²) in [7, 11) is 1.51. The molecule has 0 atom stereocenters. The Morgan fingerprint density at radius 2 is 2.00 bits per heavy atom. The molecule has 0 saturated heterocycles. The Hall–Kier alpha value is -1.75. The van der Waals surface area contributed by atoms with E-state index >= 15 is 0 Å². The minimum Gasteiger partial charge on any atom is -0.493 e. The molecule has 0 aliphatic heterocycles. The maximum absolute atomic E-state index is 10.8. The lowest BCUT2D eigenvalue weighted by Crippen LogP contribution is -2.08. The summed E-state index contributed by atoms with van der Waals surface area (Å²) in [5, 5.41) is 8.89. The number of benzene rings is 1. The lowest BCUT2D eigenvalue weighted by atomic mass is 10.2. The van der Waals surface area contributed by atoms with Gasteiger partial charge in [0.2, 0.25) is 0 Å². The van der Waals surface area contributed by atoms with Crippen molar-refractivity contribution in [3.05, 3.63) is 23.8 Å². The Morgan fingerprint density at radius 3 is 2.61 bits per heavy atom. The molecule has 0 radical (unpaired) electrons. The van der Waals surface area contributed by atoms with E-state index in [0.29, 0.717) is 31.3 Å². The molecule has 5 heteroatoms. The first-order chi connectivity index (χ1) is 8.69. The molecule has 0 heterocycles. The van der Waals surface area contributed by atoms with Crippen LogP contribution in [0.1, 0.15) is 23.7 Å². The van der Waals surface area contributed by atoms with E-state index in [1.54, 1.807) is 6.07 Å². The van der Waals surface area contributed by atoms with Gasteiger partial charge in [-0.2, -0.15) is 0 Å². The summed E-state index contributed by atoms with van der Waals surface area (Å²) in [5.74, 6) is -0.0715. The van der Waals surface area contributed by atoms with Crippen molar-refractivity contribution in [2.24, 2.45) is 0 Å². The average molecular weight is 254 g/mol. The van der Waals surface area contributed by atoms with Gasteiger partial charge in [0.05, 0.1) is 19.3 Å². The summed E-state index contributed by atoms with van der Waals surface area (Å²) in [5.41, 5.74) is 0.167. The van der Waals surface area contributed by atoms with Gasteiger partial charge < -0.3 is 19.3 Å². The first-order valence-electron chi connectivity index (χ1n) is 5.81. The number of carbonyl (C=O) groups is 1. The van der Waals surface area contributed by atoms with Crippen LogP contribution in [0, 0.1) is 0 Å². The highest BCUT2D eigenvalue weighted by atomic mass is 16.5. The minimum atomic E-state index is -0.996. The second kappa shape index (κ2) is 7.55. The summed E-state index contributed by atoms with van der Waals surface area (Å²) in [4.78, 5) is 10.8. The lowest BCUT2D eigenvalue weighted by Gasteiger charge is -2.11. The summed E-state index contributed by atoms with van der Waals surface area (Å²) in [6.07, 6.45) is 0.956. The standard InChI is InChI=1S/C13H18O5/c1-3-6-17-7-8-18-12-9-10(13(14)15)4-5-11(12)16-2/h4-5,9H,3,6-8H2,1-2H3,(H,14,15). The highest BCUT2D eigenvalue weighted by Crippen LogP contribution is 2.27. The van der Waals surface area contributed by atoms with E-state index in [4.69, 9.17) is 19.3 Å². The van der Waals surface area contributed by atoms with Gasteiger partial charge in [0.25, 0.3) is 0 Å². The molecule has 0 saturated carbocycles. The largest absolute Gasteiger partial charge is 0.493 e. The number of ether oxygens (including phenoxy) is 3. The van der Waals surface area contributed by atoms with E-state index in [2.05, 4.69) is 0 Å². The number of hydrogen-bond donors (Lipinski definition) is 1. The smallest absolute Gasteiger partial charge is 0.335 e. The molecule has 0 unspecified atom stereocenters. The van der Waals surface area contributed by atoms with Crippen molar-refractivity contribution < 1.29 is 24.1 Å². The van der Waals surface area contributed by atoms with Crippen molar-refractivity contribution in [1.29, 1.82) is 0 Å². The van der Waals surface area contributed by atoms with Crippen molar-refractivity contribution in [1.82, 2.24) is 0 Å². The SMILES string of the molecule is CCCOCCOc1cc(C(=O)O)ccc1OC. The molecule has 100 valence electrons. The van der Waals surface area contributed by atoms with Crippen LogP contribution in [0.4, 0.5) is 0 Å². The third-order valence-corrected chi connectivity index (χ3v) is 2.24. The van der Waals surface area contributed by atoms with Crippen LogP contribution in [0.5, 0.6) is 11.5 Å². The van der Waals surface area contributed by atoms with E-state index in [-0.39, 0.29) is 5.56 Å². The number of methoxy groups -OCH3 is 1.